The Morgan fingerprint density at radius 3 is 2.06 bits per heavy atom. The van der Waals surface area contributed by atoms with E-state index in [1.165, 1.54) is 6.92 Å². The van der Waals surface area contributed by atoms with Crippen molar-refractivity contribution in [3.63, 3.8) is 0 Å². The molecule has 0 heterocycles. The van der Waals surface area contributed by atoms with Crippen LogP contribution in [0.1, 0.15) is 27.7 Å². The molecule has 7 heteroatoms. The van der Waals surface area contributed by atoms with Crippen molar-refractivity contribution in [2.75, 3.05) is 12.9 Å². The van der Waals surface area contributed by atoms with Gasteiger partial charge < -0.3 is 9.47 Å². The van der Waals surface area contributed by atoms with E-state index in [-0.39, 0.29) is 0 Å². The molecular formula is C10H18O6S. The normalized spacial score (nSPS) is 13.9. The van der Waals surface area contributed by atoms with Gasteiger partial charge in [0.15, 0.2) is 15.1 Å². The summed E-state index contributed by atoms with van der Waals surface area (Å²) in [7, 11) is -2.81. The van der Waals surface area contributed by atoms with E-state index in [0.29, 0.717) is 0 Å². The monoisotopic (exact) mass is 266 g/mol. The summed E-state index contributed by atoms with van der Waals surface area (Å²) in [4.78, 5) is 22.4. The molecule has 0 aliphatic rings. The van der Waals surface area contributed by atoms with Gasteiger partial charge in [0.25, 0.3) is 0 Å². The number of esters is 2. The summed E-state index contributed by atoms with van der Waals surface area (Å²) in [5.41, 5.74) is -0.772. The van der Waals surface area contributed by atoms with Gasteiger partial charge in [0.05, 0.1) is 7.11 Å². The Labute approximate surface area is 101 Å². The van der Waals surface area contributed by atoms with Crippen molar-refractivity contribution in [1.82, 2.24) is 0 Å². The van der Waals surface area contributed by atoms with Crippen LogP contribution in [0.4, 0.5) is 0 Å². The van der Waals surface area contributed by atoms with Gasteiger partial charge in [0.1, 0.15) is 11.4 Å². The number of hydrogen-bond acceptors (Lipinski definition) is 6. The van der Waals surface area contributed by atoms with E-state index in [1.54, 1.807) is 20.8 Å². The maximum atomic E-state index is 11.6. The molecule has 0 rings (SSSR count). The number of methoxy groups -OCH3 is 1. The summed E-state index contributed by atoms with van der Waals surface area (Å²) in [5.74, 6) is -2.61. The second-order valence-electron chi connectivity index (χ2n) is 4.56. The molecule has 0 radical (unpaired) electrons. The molecule has 0 aliphatic carbocycles. The standard InChI is InChI=1S/C10H18O6S/c1-7(9(12)16-10(2,3)4)17(13,14)6-8(11)15-5/h7H,6H2,1-5H3. The lowest BCUT2D eigenvalue weighted by atomic mass is 10.2. The summed E-state index contributed by atoms with van der Waals surface area (Å²) in [6.45, 7) is 6.08. The molecule has 0 fully saturated rings. The molecule has 0 aromatic carbocycles. The summed E-state index contributed by atoms with van der Waals surface area (Å²) >= 11 is 0. The van der Waals surface area contributed by atoms with Crippen molar-refractivity contribution >= 4 is 21.8 Å². The molecule has 6 nitrogen and oxygen atoms in total. The first-order chi connectivity index (χ1) is 7.49. The third kappa shape index (κ3) is 5.67. The molecule has 0 aliphatic heterocycles. The first-order valence-corrected chi connectivity index (χ1v) is 6.72. The van der Waals surface area contributed by atoms with E-state index in [0.717, 1.165) is 7.11 Å². The van der Waals surface area contributed by atoms with E-state index >= 15 is 0 Å². The average Bonchev–Trinajstić information content (AvgIpc) is 2.13. The highest BCUT2D eigenvalue weighted by molar-refractivity contribution is 7.93. The molecule has 1 atom stereocenters. The highest BCUT2D eigenvalue weighted by Crippen LogP contribution is 2.12. The van der Waals surface area contributed by atoms with Gasteiger partial charge in [-0.15, -0.1) is 0 Å². The number of carbonyl (C=O) groups is 2. The van der Waals surface area contributed by atoms with Gasteiger partial charge in [-0.3, -0.25) is 9.59 Å². The molecule has 0 saturated carbocycles. The van der Waals surface area contributed by atoms with Crippen LogP contribution in [-0.2, 0) is 28.9 Å². The third-order valence-electron chi connectivity index (χ3n) is 1.82. The van der Waals surface area contributed by atoms with Gasteiger partial charge in [-0.25, -0.2) is 8.42 Å². The van der Waals surface area contributed by atoms with Crippen molar-refractivity contribution in [1.29, 1.82) is 0 Å². The fourth-order valence-electron chi connectivity index (χ4n) is 0.880. The van der Waals surface area contributed by atoms with Crippen LogP contribution in [-0.4, -0.2) is 44.1 Å². The number of ether oxygens (including phenoxy) is 2. The Kier molecular flexibility index (Phi) is 5.12. The predicted molar refractivity (Wildman–Crippen MR) is 61.1 cm³/mol. The van der Waals surface area contributed by atoms with Gasteiger partial charge in [0, 0.05) is 0 Å². The maximum Gasteiger partial charge on any atom is 0.324 e. The van der Waals surface area contributed by atoms with E-state index in [4.69, 9.17) is 4.74 Å². The summed E-state index contributed by atoms with van der Waals surface area (Å²) in [6.07, 6.45) is 0. The van der Waals surface area contributed by atoms with Gasteiger partial charge in [-0.1, -0.05) is 0 Å². The summed E-state index contributed by atoms with van der Waals surface area (Å²) in [5, 5.41) is -1.39. The molecule has 0 amide bonds. The first-order valence-electron chi connectivity index (χ1n) is 5.01. The third-order valence-corrected chi connectivity index (χ3v) is 3.73. The zero-order chi connectivity index (χ0) is 13.9. The highest BCUT2D eigenvalue weighted by Gasteiger charge is 2.33. The molecule has 0 spiro atoms. The van der Waals surface area contributed by atoms with Crippen LogP contribution in [0.15, 0.2) is 0 Å². The van der Waals surface area contributed by atoms with Crippen molar-refractivity contribution in [3.8, 4) is 0 Å². The minimum absolute atomic E-state index is 0.772. The Balaban J connectivity index is 4.75. The zero-order valence-electron chi connectivity index (χ0n) is 10.6. The van der Waals surface area contributed by atoms with Crippen molar-refractivity contribution < 1.29 is 27.5 Å². The Bertz CT molecular complexity index is 390. The van der Waals surface area contributed by atoms with Crippen LogP contribution in [0.5, 0.6) is 0 Å². The fourth-order valence-corrected chi connectivity index (χ4v) is 1.92. The number of sulfone groups is 1. The molecular weight excluding hydrogens is 248 g/mol. The smallest absolute Gasteiger partial charge is 0.324 e. The van der Waals surface area contributed by atoms with E-state index in [2.05, 4.69) is 4.74 Å². The van der Waals surface area contributed by atoms with Crippen LogP contribution < -0.4 is 0 Å². The first kappa shape index (κ1) is 15.9. The number of rotatable bonds is 4. The molecule has 100 valence electrons. The quantitative estimate of drug-likeness (QED) is 0.680. The topological polar surface area (TPSA) is 86.7 Å². The highest BCUT2D eigenvalue weighted by atomic mass is 32.2. The molecule has 0 N–H and O–H groups in total. The Morgan fingerprint density at radius 2 is 1.71 bits per heavy atom. The minimum Gasteiger partial charge on any atom is -0.468 e. The van der Waals surface area contributed by atoms with Crippen LogP contribution >= 0.6 is 0 Å². The van der Waals surface area contributed by atoms with Crippen molar-refractivity contribution in [2.45, 2.75) is 38.5 Å². The average molecular weight is 266 g/mol. The fraction of sp³-hybridized carbons (Fsp3) is 0.800. The molecule has 0 aromatic rings. The van der Waals surface area contributed by atoms with Gasteiger partial charge >= 0.3 is 11.9 Å². The second-order valence-corrected chi connectivity index (χ2v) is 6.88. The summed E-state index contributed by atoms with van der Waals surface area (Å²) in [6, 6.07) is 0. The van der Waals surface area contributed by atoms with E-state index < -0.39 is 38.4 Å². The lowest BCUT2D eigenvalue weighted by Crippen LogP contribution is -2.37. The minimum atomic E-state index is -3.89. The van der Waals surface area contributed by atoms with Gasteiger partial charge in [-0.05, 0) is 27.7 Å². The Hall–Kier alpha value is -1.11. The van der Waals surface area contributed by atoms with Gasteiger partial charge in [-0.2, -0.15) is 0 Å². The second kappa shape index (κ2) is 5.48. The number of hydrogen-bond donors (Lipinski definition) is 0. The molecule has 0 saturated heterocycles. The van der Waals surface area contributed by atoms with Crippen molar-refractivity contribution in [2.24, 2.45) is 0 Å². The largest absolute Gasteiger partial charge is 0.468 e. The van der Waals surface area contributed by atoms with Crippen LogP contribution in [0.2, 0.25) is 0 Å². The van der Waals surface area contributed by atoms with Gasteiger partial charge in [0.2, 0.25) is 0 Å². The Morgan fingerprint density at radius 1 is 1.24 bits per heavy atom. The van der Waals surface area contributed by atoms with Crippen molar-refractivity contribution in [3.05, 3.63) is 0 Å². The summed E-state index contributed by atoms with van der Waals surface area (Å²) < 4.78 is 32.4. The molecule has 0 bridgehead atoms. The zero-order valence-corrected chi connectivity index (χ0v) is 11.5. The molecule has 0 aromatic heterocycles. The van der Waals surface area contributed by atoms with Crippen LogP contribution in [0.3, 0.4) is 0 Å². The lowest BCUT2D eigenvalue weighted by molar-refractivity contribution is -0.153. The van der Waals surface area contributed by atoms with E-state index in [9.17, 15) is 18.0 Å². The van der Waals surface area contributed by atoms with Crippen LogP contribution in [0.25, 0.3) is 0 Å². The molecule has 17 heavy (non-hydrogen) atoms. The number of carbonyl (C=O) groups excluding carboxylic acids is 2. The lowest BCUT2D eigenvalue weighted by Gasteiger charge is -2.22. The van der Waals surface area contributed by atoms with Crippen LogP contribution in [0, 0.1) is 0 Å². The molecule has 1 unspecified atom stereocenters. The SMILES string of the molecule is COC(=O)CS(=O)(=O)C(C)C(=O)OC(C)(C)C. The maximum absolute atomic E-state index is 11.6. The predicted octanol–water partition coefficient (Wildman–Crippen LogP) is 0.304. The van der Waals surface area contributed by atoms with E-state index in [1.807, 2.05) is 0 Å².